The predicted octanol–water partition coefficient (Wildman–Crippen LogP) is 4.79. The van der Waals surface area contributed by atoms with E-state index in [0.717, 1.165) is 4.70 Å². The molecular weight excluding hydrogens is 460 g/mol. The number of methoxy groups -OCH3 is 1. The van der Waals surface area contributed by atoms with E-state index >= 15 is 0 Å². The summed E-state index contributed by atoms with van der Waals surface area (Å²) in [6.45, 7) is 0. The number of benzene rings is 3. The summed E-state index contributed by atoms with van der Waals surface area (Å²) in [6.07, 6.45) is 0. The average molecular weight is 476 g/mol. The van der Waals surface area contributed by atoms with Crippen molar-refractivity contribution in [2.24, 2.45) is 15.3 Å². The molecule has 4 aromatic rings. The maximum atomic E-state index is 12.5. The lowest BCUT2D eigenvalue weighted by Gasteiger charge is -2.04. The molecule has 0 fully saturated rings. The highest BCUT2D eigenvalue weighted by Gasteiger charge is 2.13. The number of fused-ring (bicyclic) bond motifs is 1. The van der Waals surface area contributed by atoms with Gasteiger partial charge in [-0.2, -0.15) is 0 Å². The first-order valence-corrected chi connectivity index (χ1v) is 10.5. The van der Waals surface area contributed by atoms with Crippen molar-refractivity contribution in [2.75, 3.05) is 7.11 Å². The number of ether oxygens (including phenoxy) is 1. The molecule has 0 unspecified atom stereocenters. The number of hydrogen-bond acceptors (Lipinski definition) is 9. The highest BCUT2D eigenvalue weighted by atomic mass is 32.1. The van der Waals surface area contributed by atoms with E-state index in [-0.39, 0.29) is 28.4 Å². The summed E-state index contributed by atoms with van der Waals surface area (Å²) in [7, 11) is 1.57. The van der Waals surface area contributed by atoms with Gasteiger partial charge in [-0.25, -0.2) is 10.4 Å². The van der Waals surface area contributed by atoms with E-state index in [0.29, 0.717) is 16.4 Å². The summed E-state index contributed by atoms with van der Waals surface area (Å²) in [6, 6.07) is 16.8. The number of carbonyl (C=O) groups excluding carboxylic acids is 1. The number of hydrogen-bond donors (Lipinski definition) is 2. The number of nitro benzene ring substituents is 1. The molecule has 0 spiro atoms. The number of azo groups is 1. The largest absolute Gasteiger partial charge is 0.507 e. The molecule has 1 amide bonds. The first-order chi connectivity index (χ1) is 16.4. The number of aromatic hydroxyl groups is 1. The number of hydrazone groups is 1. The van der Waals surface area contributed by atoms with Crippen molar-refractivity contribution < 1.29 is 19.6 Å². The first-order valence-electron chi connectivity index (χ1n) is 9.72. The van der Waals surface area contributed by atoms with Gasteiger partial charge in [0.15, 0.2) is 0 Å². The molecule has 0 aliphatic rings. The second kappa shape index (κ2) is 9.83. The van der Waals surface area contributed by atoms with E-state index < -0.39 is 10.8 Å². The summed E-state index contributed by atoms with van der Waals surface area (Å²) >= 11 is 1.28. The first kappa shape index (κ1) is 22.5. The van der Waals surface area contributed by atoms with Gasteiger partial charge in [-0.1, -0.05) is 23.5 Å². The number of rotatable bonds is 6. The molecule has 0 bridgehead atoms. The second-order valence-electron chi connectivity index (χ2n) is 6.73. The minimum atomic E-state index is -0.620. The summed E-state index contributed by atoms with van der Waals surface area (Å²) in [5.74, 6) is -0.112. The van der Waals surface area contributed by atoms with Crippen LogP contribution in [-0.2, 0) is 0 Å². The number of non-ortho nitro benzene ring substituents is 1. The Morgan fingerprint density at radius 1 is 1.15 bits per heavy atom. The van der Waals surface area contributed by atoms with Crippen molar-refractivity contribution in [3.63, 3.8) is 0 Å². The molecule has 1 aromatic heterocycles. The smallest absolute Gasteiger partial charge is 0.271 e. The van der Waals surface area contributed by atoms with E-state index in [1.165, 1.54) is 41.7 Å². The summed E-state index contributed by atoms with van der Waals surface area (Å²) < 4.78 is 6.06. The zero-order chi connectivity index (χ0) is 24.1. The second-order valence-corrected chi connectivity index (χ2v) is 7.74. The normalized spacial score (nSPS) is 11.6. The molecule has 4 rings (SSSR count). The molecule has 0 saturated heterocycles. The molecule has 34 heavy (non-hydrogen) atoms. The Bertz CT molecular complexity index is 1430. The van der Waals surface area contributed by atoms with Gasteiger partial charge in [0.05, 0.1) is 27.8 Å². The number of thiazole rings is 1. The van der Waals surface area contributed by atoms with E-state index in [1.54, 1.807) is 37.4 Å². The maximum Gasteiger partial charge on any atom is 0.271 e. The molecule has 0 atom stereocenters. The van der Waals surface area contributed by atoms with Gasteiger partial charge in [-0.15, -0.1) is 15.3 Å². The number of para-hydroxylation sites is 1. The third kappa shape index (κ3) is 5.02. The Balaban J connectivity index is 1.62. The van der Waals surface area contributed by atoms with Gasteiger partial charge in [0.25, 0.3) is 11.6 Å². The van der Waals surface area contributed by atoms with Crippen LogP contribution in [0.25, 0.3) is 10.2 Å². The van der Waals surface area contributed by atoms with Crippen LogP contribution in [0.15, 0.2) is 82.1 Å². The van der Waals surface area contributed by atoms with E-state index in [2.05, 4.69) is 25.7 Å². The van der Waals surface area contributed by atoms with E-state index in [9.17, 15) is 20.0 Å². The third-order valence-electron chi connectivity index (χ3n) is 4.56. The van der Waals surface area contributed by atoms with Crippen molar-refractivity contribution in [3.8, 4) is 11.5 Å². The molecule has 0 aliphatic heterocycles. The van der Waals surface area contributed by atoms with Crippen LogP contribution in [0.4, 0.5) is 10.8 Å². The number of amides is 1. The molecule has 1 heterocycles. The number of amidine groups is 1. The Kier molecular flexibility index (Phi) is 6.50. The topological polar surface area (TPSA) is 152 Å². The molecule has 11 nitrogen and oxygen atoms in total. The van der Waals surface area contributed by atoms with Gasteiger partial charge in [0, 0.05) is 17.7 Å². The fraction of sp³-hybridized carbons (Fsp3) is 0.0455. The highest BCUT2D eigenvalue weighted by Crippen LogP contribution is 2.31. The zero-order valence-corrected chi connectivity index (χ0v) is 18.4. The van der Waals surface area contributed by atoms with Crippen molar-refractivity contribution in [3.05, 3.63) is 88.0 Å². The molecule has 0 radical (unpaired) electrons. The fourth-order valence-electron chi connectivity index (χ4n) is 2.85. The Hall–Kier alpha value is -4.71. The van der Waals surface area contributed by atoms with Crippen LogP contribution in [0.5, 0.6) is 11.5 Å². The molecular formula is C22H16N6O5S. The fourth-order valence-corrected chi connectivity index (χ4v) is 3.67. The van der Waals surface area contributed by atoms with Crippen LogP contribution in [0.2, 0.25) is 0 Å². The highest BCUT2D eigenvalue weighted by molar-refractivity contribution is 7.21. The van der Waals surface area contributed by atoms with Gasteiger partial charge in [0.1, 0.15) is 11.5 Å². The number of carbonyl (C=O) groups is 1. The number of nitrogens with one attached hydrogen (secondary N) is 1. The van der Waals surface area contributed by atoms with Crippen molar-refractivity contribution in [2.45, 2.75) is 0 Å². The van der Waals surface area contributed by atoms with Crippen LogP contribution in [0.1, 0.15) is 15.9 Å². The van der Waals surface area contributed by atoms with Gasteiger partial charge >= 0.3 is 0 Å². The van der Waals surface area contributed by atoms with Crippen molar-refractivity contribution in [1.82, 2.24) is 10.4 Å². The molecule has 3 aromatic carbocycles. The Labute approximate surface area is 196 Å². The van der Waals surface area contributed by atoms with Crippen LogP contribution >= 0.6 is 11.3 Å². The van der Waals surface area contributed by atoms with Gasteiger partial charge in [-0.05, 0) is 42.5 Å². The summed E-state index contributed by atoms with van der Waals surface area (Å²) in [5.41, 5.74) is 3.30. The molecule has 0 saturated carbocycles. The number of phenols is 1. The molecule has 170 valence electrons. The summed E-state index contributed by atoms with van der Waals surface area (Å²) in [4.78, 5) is 27.1. The van der Waals surface area contributed by atoms with E-state index in [1.807, 2.05) is 6.07 Å². The summed E-state index contributed by atoms with van der Waals surface area (Å²) in [5, 5.41) is 33.6. The minimum absolute atomic E-state index is 0.0646. The minimum Gasteiger partial charge on any atom is -0.507 e. The quantitative estimate of drug-likeness (QED) is 0.134. The van der Waals surface area contributed by atoms with Gasteiger partial charge < -0.3 is 9.84 Å². The standard InChI is InChI=1S/C22H16N6O5S/c1-33-15-10-11-17-19(12-15)34-22(23-17)27-25-20(16-4-2-3-5-18(16)29)24-26-21(30)13-6-8-14(9-7-13)28(31)32/h2-12,29H,1H3,(H,26,30)/b24-20+,27-25?. The maximum absolute atomic E-state index is 12.5. The number of nitrogens with zero attached hydrogens (tertiary/aromatic N) is 5. The number of phenolic OH excluding ortho intramolecular Hbond substituents is 1. The zero-order valence-electron chi connectivity index (χ0n) is 17.6. The van der Waals surface area contributed by atoms with Crippen LogP contribution in [0.3, 0.4) is 0 Å². The van der Waals surface area contributed by atoms with Crippen molar-refractivity contribution >= 4 is 44.1 Å². The molecule has 0 aliphatic carbocycles. The van der Waals surface area contributed by atoms with Gasteiger partial charge in [0.2, 0.25) is 11.0 Å². The SMILES string of the molecule is COc1ccc2nc(N=N/C(=N/NC(=O)c3ccc([N+](=O)[O-])cc3)c3ccccc3O)sc2c1. The average Bonchev–Trinajstić information content (AvgIpc) is 3.26. The Morgan fingerprint density at radius 3 is 2.62 bits per heavy atom. The lowest BCUT2D eigenvalue weighted by Crippen LogP contribution is -2.19. The molecule has 2 N–H and O–H groups in total. The molecule has 12 heteroatoms. The Morgan fingerprint density at radius 2 is 1.91 bits per heavy atom. The van der Waals surface area contributed by atoms with Crippen LogP contribution < -0.4 is 10.2 Å². The lowest BCUT2D eigenvalue weighted by atomic mass is 10.2. The van der Waals surface area contributed by atoms with Gasteiger partial charge in [-0.3, -0.25) is 14.9 Å². The number of nitro groups is 1. The van der Waals surface area contributed by atoms with E-state index in [4.69, 9.17) is 4.74 Å². The third-order valence-corrected chi connectivity index (χ3v) is 5.47. The van der Waals surface area contributed by atoms with Crippen LogP contribution in [-0.4, -0.2) is 33.9 Å². The monoisotopic (exact) mass is 476 g/mol. The lowest BCUT2D eigenvalue weighted by molar-refractivity contribution is -0.384. The number of aromatic nitrogens is 1. The van der Waals surface area contributed by atoms with Crippen molar-refractivity contribution in [1.29, 1.82) is 0 Å². The van der Waals surface area contributed by atoms with Crippen LogP contribution in [0, 0.1) is 10.1 Å². The predicted molar refractivity (Wildman–Crippen MR) is 126 cm³/mol.